The van der Waals surface area contributed by atoms with Crippen LogP contribution >= 0.6 is 0 Å². The third-order valence-electron chi connectivity index (χ3n) is 3.40. The Balaban J connectivity index is 2.03. The molecule has 3 heterocycles. The van der Waals surface area contributed by atoms with Crippen molar-refractivity contribution in [3.05, 3.63) is 60.8 Å². The zero-order valence-corrected chi connectivity index (χ0v) is 10.5. The van der Waals surface area contributed by atoms with Gasteiger partial charge in [0.1, 0.15) is 5.82 Å². The van der Waals surface area contributed by atoms with Crippen molar-refractivity contribution in [3.63, 3.8) is 0 Å². The Morgan fingerprint density at radius 2 is 1.85 bits per heavy atom. The molecule has 96 valence electrons. The summed E-state index contributed by atoms with van der Waals surface area (Å²) in [6.45, 7) is 0. The maximum absolute atomic E-state index is 13.4. The number of benzene rings is 1. The molecule has 0 aliphatic heterocycles. The molecule has 0 radical (unpaired) electrons. The zero-order valence-electron chi connectivity index (χ0n) is 10.5. The van der Waals surface area contributed by atoms with Gasteiger partial charge in [0.05, 0.1) is 17.4 Å². The number of pyridine rings is 2. The molecule has 4 aromatic rings. The summed E-state index contributed by atoms with van der Waals surface area (Å²) >= 11 is 0. The fourth-order valence-electron chi connectivity index (χ4n) is 2.44. The van der Waals surface area contributed by atoms with E-state index < -0.39 is 0 Å². The molecule has 3 aromatic heterocycles. The van der Waals surface area contributed by atoms with E-state index in [1.165, 1.54) is 6.07 Å². The molecule has 20 heavy (non-hydrogen) atoms. The van der Waals surface area contributed by atoms with Gasteiger partial charge in [0, 0.05) is 34.2 Å². The zero-order chi connectivity index (χ0) is 13.5. The predicted octanol–water partition coefficient (Wildman–Crippen LogP) is 3.92. The molecule has 0 aliphatic carbocycles. The average molecular weight is 263 g/mol. The normalized spacial score (nSPS) is 11.2. The highest BCUT2D eigenvalue weighted by molar-refractivity contribution is 6.07. The molecule has 0 spiro atoms. The molecule has 1 N–H and O–H groups in total. The van der Waals surface area contributed by atoms with Crippen molar-refractivity contribution in [1.82, 2.24) is 15.0 Å². The van der Waals surface area contributed by atoms with Gasteiger partial charge in [-0.2, -0.15) is 0 Å². The first-order chi connectivity index (χ1) is 9.81. The molecule has 4 heteroatoms. The van der Waals surface area contributed by atoms with Crippen LogP contribution in [-0.4, -0.2) is 15.0 Å². The molecule has 4 rings (SSSR count). The first kappa shape index (κ1) is 11.1. The third kappa shape index (κ3) is 1.66. The lowest BCUT2D eigenvalue weighted by atomic mass is 10.1. The van der Waals surface area contributed by atoms with Crippen LogP contribution in [0.4, 0.5) is 4.39 Å². The second-order valence-electron chi connectivity index (χ2n) is 4.67. The minimum atomic E-state index is -0.238. The molecule has 0 saturated carbocycles. The van der Waals surface area contributed by atoms with Gasteiger partial charge in [-0.15, -0.1) is 0 Å². The summed E-state index contributed by atoms with van der Waals surface area (Å²) in [4.78, 5) is 11.8. The van der Waals surface area contributed by atoms with Gasteiger partial charge in [0.25, 0.3) is 0 Å². The average Bonchev–Trinajstić information content (AvgIpc) is 2.85. The summed E-state index contributed by atoms with van der Waals surface area (Å²) < 4.78 is 13.4. The van der Waals surface area contributed by atoms with E-state index in [0.29, 0.717) is 0 Å². The fourth-order valence-corrected chi connectivity index (χ4v) is 2.44. The van der Waals surface area contributed by atoms with Crippen LogP contribution < -0.4 is 0 Å². The Labute approximate surface area is 114 Å². The Morgan fingerprint density at radius 1 is 0.950 bits per heavy atom. The van der Waals surface area contributed by atoms with Gasteiger partial charge in [-0.25, -0.2) is 4.39 Å². The molecule has 0 atom stereocenters. The van der Waals surface area contributed by atoms with Crippen LogP contribution in [0.3, 0.4) is 0 Å². The van der Waals surface area contributed by atoms with Crippen LogP contribution in [0, 0.1) is 5.82 Å². The number of rotatable bonds is 1. The summed E-state index contributed by atoms with van der Waals surface area (Å²) in [7, 11) is 0. The van der Waals surface area contributed by atoms with E-state index in [4.69, 9.17) is 0 Å². The minimum absolute atomic E-state index is 0.238. The van der Waals surface area contributed by atoms with Crippen molar-refractivity contribution in [1.29, 1.82) is 0 Å². The molecule has 0 amide bonds. The molecule has 0 aliphatic rings. The Morgan fingerprint density at radius 3 is 2.70 bits per heavy atom. The monoisotopic (exact) mass is 263 g/mol. The van der Waals surface area contributed by atoms with Gasteiger partial charge in [-0.1, -0.05) is 0 Å². The number of H-pyrrole nitrogens is 1. The van der Waals surface area contributed by atoms with Crippen LogP contribution in [0.5, 0.6) is 0 Å². The van der Waals surface area contributed by atoms with Gasteiger partial charge in [-0.3, -0.25) is 9.97 Å². The van der Waals surface area contributed by atoms with Gasteiger partial charge < -0.3 is 4.98 Å². The number of fused-ring (bicyclic) bond motifs is 3. The minimum Gasteiger partial charge on any atom is -0.353 e. The van der Waals surface area contributed by atoms with Gasteiger partial charge in [-0.05, 0) is 36.4 Å². The summed E-state index contributed by atoms with van der Waals surface area (Å²) in [5, 5.41) is 1.83. The SMILES string of the molecule is Fc1ccc2[nH]c3cnc(-c4cccnc4)cc3c2c1. The summed E-state index contributed by atoms with van der Waals surface area (Å²) in [6.07, 6.45) is 5.27. The second-order valence-corrected chi connectivity index (χ2v) is 4.67. The van der Waals surface area contributed by atoms with Crippen molar-refractivity contribution in [2.24, 2.45) is 0 Å². The maximum Gasteiger partial charge on any atom is 0.123 e. The lowest BCUT2D eigenvalue weighted by Crippen LogP contribution is -1.83. The Hall–Kier alpha value is -2.75. The Bertz CT molecular complexity index is 913. The second kappa shape index (κ2) is 4.13. The highest BCUT2D eigenvalue weighted by Crippen LogP contribution is 2.28. The van der Waals surface area contributed by atoms with Crippen molar-refractivity contribution >= 4 is 21.8 Å². The molecule has 1 aromatic carbocycles. The number of hydrogen-bond donors (Lipinski definition) is 1. The van der Waals surface area contributed by atoms with Crippen LogP contribution in [-0.2, 0) is 0 Å². The van der Waals surface area contributed by atoms with Crippen LogP contribution in [0.2, 0.25) is 0 Å². The summed E-state index contributed by atoms with van der Waals surface area (Å²) in [5.74, 6) is -0.238. The van der Waals surface area contributed by atoms with Crippen molar-refractivity contribution in [2.75, 3.05) is 0 Å². The Kier molecular flexibility index (Phi) is 2.29. The highest BCUT2D eigenvalue weighted by atomic mass is 19.1. The number of nitrogens with one attached hydrogen (secondary N) is 1. The van der Waals surface area contributed by atoms with Crippen LogP contribution in [0.15, 0.2) is 55.0 Å². The fraction of sp³-hybridized carbons (Fsp3) is 0. The van der Waals surface area contributed by atoms with Crippen LogP contribution in [0.1, 0.15) is 0 Å². The molecular formula is C16H10FN3. The standard InChI is InChI=1S/C16H10FN3/c17-11-3-4-14-12(6-11)13-7-15(19-9-16(13)20-14)10-2-1-5-18-8-10/h1-9,20H. The van der Waals surface area contributed by atoms with Gasteiger partial charge in [0.2, 0.25) is 0 Å². The lowest BCUT2D eigenvalue weighted by Gasteiger charge is -2.00. The number of aromatic nitrogens is 3. The highest BCUT2D eigenvalue weighted by Gasteiger charge is 2.08. The number of hydrogen-bond acceptors (Lipinski definition) is 2. The quantitative estimate of drug-likeness (QED) is 0.565. The van der Waals surface area contributed by atoms with E-state index in [0.717, 1.165) is 33.1 Å². The van der Waals surface area contributed by atoms with Gasteiger partial charge >= 0.3 is 0 Å². The van der Waals surface area contributed by atoms with Crippen molar-refractivity contribution in [3.8, 4) is 11.3 Å². The van der Waals surface area contributed by atoms with E-state index in [9.17, 15) is 4.39 Å². The van der Waals surface area contributed by atoms with E-state index in [-0.39, 0.29) is 5.82 Å². The van der Waals surface area contributed by atoms with Crippen molar-refractivity contribution in [2.45, 2.75) is 0 Å². The summed E-state index contributed by atoms with van der Waals surface area (Å²) in [6, 6.07) is 10.5. The van der Waals surface area contributed by atoms with E-state index in [1.807, 2.05) is 18.2 Å². The molecule has 0 bridgehead atoms. The summed E-state index contributed by atoms with van der Waals surface area (Å²) in [5.41, 5.74) is 3.58. The van der Waals surface area contributed by atoms with E-state index >= 15 is 0 Å². The first-order valence-corrected chi connectivity index (χ1v) is 6.29. The van der Waals surface area contributed by atoms with E-state index in [1.54, 1.807) is 30.7 Å². The third-order valence-corrected chi connectivity index (χ3v) is 3.40. The van der Waals surface area contributed by atoms with Crippen molar-refractivity contribution < 1.29 is 4.39 Å². The number of aromatic amines is 1. The molecule has 0 fully saturated rings. The van der Waals surface area contributed by atoms with Gasteiger partial charge in [0.15, 0.2) is 0 Å². The predicted molar refractivity (Wildman–Crippen MR) is 76.8 cm³/mol. The molecule has 0 unspecified atom stereocenters. The van der Waals surface area contributed by atoms with E-state index in [2.05, 4.69) is 15.0 Å². The molecule has 0 saturated heterocycles. The smallest absolute Gasteiger partial charge is 0.123 e. The lowest BCUT2D eigenvalue weighted by molar-refractivity contribution is 0.630. The largest absolute Gasteiger partial charge is 0.353 e. The topological polar surface area (TPSA) is 41.6 Å². The molecular weight excluding hydrogens is 253 g/mol. The maximum atomic E-state index is 13.4. The molecule has 3 nitrogen and oxygen atoms in total. The van der Waals surface area contributed by atoms with Crippen LogP contribution in [0.25, 0.3) is 33.1 Å². The first-order valence-electron chi connectivity index (χ1n) is 6.29. The number of halogens is 1. The number of nitrogens with zero attached hydrogens (tertiary/aromatic N) is 2.